The molecule has 0 saturated heterocycles. The minimum Gasteiger partial charge on any atom is -0.490 e. The van der Waals surface area contributed by atoms with Crippen molar-refractivity contribution in [3.05, 3.63) is 36.9 Å². The highest BCUT2D eigenvalue weighted by Gasteiger charge is 2.26. The summed E-state index contributed by atoms with van der Waals surface area (Å²) in [5.41, 5.74) is 1.80. The maximum Gasteiger partial charge on any atom is 0.272 e. The van der Waals surface area contributed by atoms with Crippen molar-refractivity contribution < 1.29 is 23.0 Å². The summed E-state index contributed by atoms with van der Waals surface area (Å²) in [6.45, 7) is 2.25. The summed E-state index contributed by atoms with van der Waals surface area (Å²) in [6, 6.07) is 3.48. The van der Waals surface area contributed by atoms with Crippen molar-refractivity contribution in [2.24, 2.45) is 13.0 Å². The Morgan fingerprint density at radius 2 is 2.00 bits per heavy atom. The van der Waals surface area contributed by atoms with Gasteiger partial charge in [0, 0.05) is 50.2 Å². The molecular weight excluding hydrogens is 510 g/mol. The number of hydrogen-bond donors (Lipinski definition) is 1. The molecule has 4 bridgehead atoms. The molecule has 2 aliphatic rings. The van der Waals surface area contributed by atoms with Crippen LogP contribution in [-0.4, -0.2) is 60.3 Å². The molecule has 6 rings (SSSR count). The maximum atomic E-state index is 13.0. The van der Waals surface area contributed by atoms with Gasteiger partial charge >= 0.3 is 0 Å². The van der Waals surface area contributed by atoms with Crippen molar-refractivity contribution in [3.8, 4) is 40.0 Å². The van der Waals surface area contributed by atoms with E-state index in [0.29, 0.717) is 71.3 Å². The topological polar surface area (TPSA) is 114 Å². The maximum absolute atomic E-state index is 13.0. The zero-order valence-corrected chi connectivity index (χ0v) is 21.5. The van der Waals surface area contributed by atoms with Gasteiger partial charge in [0.2, 0.25) is 11.8 Å². The number of anilines is 2. The molecule has 1 atom stereocenters. The number of nitrogens with zero attached hydrogens (tertiary/aromatic N) is 7. The van der Waals surface area contributed by atoms with Crippen molar-refractivity contribution in [1.82, 2.24) is 34.5 Å². The van der Waals surface area contributed by atoms with Crippen LogP contribution in [0.15, 0.2) is 36.9 Å². The number of halogens is 2. The van der Waals surface area contributed by atoms with Crippen molar-refractivity contribution in [3.63, 3.8) is 0 Å². The highest BCUT2D eigenvalue weighted by Crippen LogP contribution is 2.39. The van der Waals surface area contributed by atoms with Crippen LogP contribution in [0.3, 0.4) is 0 Å². The number of hydrogen-bond acceptors (Lipinski definition) is 9. The number of nitrogens with one attached hydrogen (secondary N) is 1. The lowest BCUT2D eigenvalue weighted by Crippen LogP contribution is -2.17. The molecule has 4 aromatic heterocycles. The molecule has 0 unspecified atom stereocenters. The van der Waals surface area contributed by atoms with Gasteiger partial charge in [-0.3, -0.25) is 4.68 Å². The molecule has 39 heavy (non-hydrogen) atoms. The predicted molar refractivity (Wildman–Crippen MR) is 137 cm³/mol. The first-order valence-electron chi connectivity index (χ1n) is 12.8. The van der Waals surface area contributed by atoms with Gasteiger partial charge in [-0.1, -0.05) is 0 Å². The third kappa shape index (κ3) is 5.61. The Morgan fingerprint density at radius 1 is 1.13 bits per heavy atom. The number of aryl methyl sites for hydroxylation is 1. The Labute approximate surface area is 223 Å². The van der Waals surface area contributed by atoms with E-state index < -0.39 is 13.0 Å². The van der Waals surface area contributed by atoms with E-state index in [2.05, 4.69) is 30.5 Å². The summed E-state index contributed by atoms with van der Waals surface area (Å²) in [7, 11) is 1.79. The van der Waals surface area contributed by atoms with Gasteiger partial charge in [-0.25, -0.2) is 28.4 Å². The lowest BCUT2D eigenvalue weighted by molar-refractivity contribution is 0.0794. The van der Waals surface area contributed by atoms with Crippen molar-refractivity contribution >= 4 is 11.6 Å². The van der Waals surface area contributed by atoms with Crippen molar-refractivity contribution in [2.45, 2.75) is 45.3 Å². The van der Waals surface area contributed by atoms with E-state index in [9.17, 15) is 8.78 Å². The van der Waals surface area contributed by atoms with Gasteiger partial charge in [-0.2, -0.15) is 5.10 Å². The molecule has 1 aliphatic carbocycles. The average Bonchev–Trinajstić information content (AvgIpc) is 3.52. The first-order chi connectivity index (χ1) is 18.9. The number of rotatable bonds is 6. The highest BCUT2D eigenvalue weighted by molar-refractivity contribution is 5.75. The van der Waals surface area contributed by atoms with Crippen molar-refractivity contribution in [1.29, 1.82) is 0 Å². The summed E-state index contributed by atoms with van der Waals surface area (Å²) in [4.78, 5) is 13.6. The van der Waals surface area contributed by atoms with Crippen LogP contribution >= 0.6 is 0 Å². The number of alkyl halides is 2. The first kappa shape index (κ1) is 25.0. The van der Waals surface area contributed by atoms with E-state index >= 15 is 0 Å². The lowest BCUT2D eigenvalue weighted by atomic mass is 10.1. The van der Waals surface area contributed by atoms with E-state index in [-0.39, 0.29) is 12.0 Å². The Morgan fingerprint density at radius 3 is 2.82 bits per heavy atom. The van der Waals surface area contributed by atoms with Gasteiger partial charge in [-0.15, -0.1) is 5.10 Å². The molecule has 0 spiro atoms. The number of fused-ring (bicyclic) bond motifs is 6. The summed E-state index contributed by atoms with van der Waals surface area (Å²) in [5, 5.41) is 12.0. The standard InChI is InChI=1S/C26H28F2N8O3/c1-15-6-8-37-26-18(11-31-35(26)2)24-29-7-5-22(33-24)32-23-9-20(39-15)17(10-30-23)19-13-36(12-16-3-4-16)34-25(19)38-14-21(27)28/h5,7,9-11,13,15-16,21H,3-4,6,8,12,14H2,1-2H3,(H,29,30,32,33)/t15-/m0/s1. The molecule has 0 radical (unpaired) electrons. The van der Waals surface area contributed by atoms with Crippen LogP contribution in [0, 0.1) is 5.92 Å². The Bertz CT molecular complexity index is 1470. The molecule has 1 fully saturated rings. The molecule has 0 aromatic carbocycles. The van der Waals surface area contributed by atoms with E-state index in [1.54, 1.807) is 47.1 Å². The Kier molecular flexibility index (Phi) is 6.71. The monoisotopic (exact) mass is 538 g/mol. The summed E-state index contributed by atoms with van der Waals surface area (Å²) < 4.78 is 47.3. The molecule has 13 heteroatoms. The molecule has 1 saturated carbocycles. The van der Waals surface area contributed by atoms with Crippen LogP contribution in [-0.2, 0) is 13.6 Å². The van der Waals surface area contributed by atoms with Crippen LogP contribution < -0.4 is 19.5 Å². The fourth-order valence-electron chi connectivity index (χ4n) is 4.34. The minimum atomic E-state index is -2.62. The quantitative estimate of drug-likeness (QED) is 0.379. The number of aromatic nitrogens is 7. The van der Waals surface area contributed by atoms with Gasteiger partial charge < -0.3 is 19.5 Å². The Balaban J connectivity index is 1.38. The molecule has 0 amide bonds. The summed E-state index contributed by atoms with van der Waals surface area (Å²) in [6.07, 6.45) is 6.69. The summed E-state index contributed by atoms with van der Waals surface area (Å²) in [5.74, 6) is 3.19. The molecule has 5 heterocycles. The van der Waals surface area contributed by atoms with E-state index in [1.807, 2.05) is 13.1 Å². The van der Waals surface area contributed by atoms with Gasteiger partial charge in [0.15, 0.2) is 12.4 Å². The van der Waals surface area contributed by atoms with E-state index in [0.717, 1.165) is 12.8 Å². The SMILES string of the molecule is C[C@H]1CCOc2c(cnn2C)-c2nccc(n2)Nc2cc(c(-c3cn(CC4CC4)nc3OCC(F)F)cn2)O1. The number of ether oxygens (including phenoxy) is 3. The molecule has 1 N–H and O–H groups in total. The van der Waals surface area contributed by atoms with Crippen LogP contribution in [0.4, 0.5) is 20.4 Å². The second kappa shape index (κ2) is 10.5. The first-order valence-corrected chi connectivity index (χ1v) is 12.8. The second-order valence-corrected chi connectivity index (χ2v) is 9.72. The molecular formula is C26H28F2N8O3. The number of pyridine rings is 1. The van der Waals surface area contributed by atoms with Crippen molar-refractivity contribution in [2.75, 3.05) is 18.5 Å². The van der Waals surface area contributed by atoms with Gasteiger partial charge in [-0.05, 0) is 31.7 Å². The molecule has 11 nitrogen and oxygen atoms in total. The zero-order valence-electron chi connectivity index (χ0n) is 21.5. The lowest BCUT2D eigenvalue weighted by Gasteiger charge is -2.19. The summed E-state index contributed by atoms with van der Waals surface area (Å²) >= 11 is 0. The van der Waals surface area contributed by atoms with E-state index in [1.165, 1.54) is 0 Å². The third-order valence-electron chi connectivity index (χ3n) is 6.50. The molecule has 4 aromatic rings. The smallest absolute Gasteiger partial charge is 0.272 e. The average molecular weight is 539 g/mol. The largest absolute Gasteiger partial charge is 0.490 e. The van der Waals surface area contributed by atoms with E-state index in [4.69, 9.17) is 14.2 Å². The van der Waals surface area contributed by atoms with Crippen LogP contribution in [0.25, 0.3) is 22.5 Å². The van der Waals surface area contributed by atoms with Gasteiger partial charge in [0.25, 0.3) is 6.43 Å². The fraction of sp³-hybridized carbons (Fsp3) is 0.423. The third-order valence-corrected chi connectivity index (χ3v) is 6.50. The normalized spacial score (nSPS) is 17.0. The van der Waals surface area contributed by atoms with Crippen LogP contribution in [0.5, 0.6) is 17.5 Å². The second-order valence-electron chi connectivity index (χ2n) is 9.72. The molecule has 1 aliphatic heterocycles. The molecule has 204 valence electrons. The minimum absolute atomic E-state index is 0.123. The Hall–Kier alpha value is -4.29. The highest BCUT2D eigenvalue weighted by atomic mass is 19.3. The zero-order chi connectivity index (χ0) is 26.9. The van der Waals surface area contributed by atoms with Gasteiger partial charge in [0.05, 0.1) is 24.5 Å². The fourth-order valence-corrected chi connectivity index (χ4v) is 4.34. The predicted octanol–water partition coefficient (Wildman–Crippen LogP) is 4.48. The van der Waals surface area contributed by atoms with Crippen LogP contribution in [0.1, 0.15) is 26.2 Å². The van der Waals surface area contributed by atoms with Gasteiger partial charge in [0.1, 0.15) is 22.9 Å². The van der Waals surface area contributed by atoms with Crippen LogP contribution in [0.2, 0.25) is 0 Å².